The highest BCUT2D eigenvalue weighted by molar-refractivity contribution is 14.0. The average Bonchev–Trinajstić information content (AvgIpc) is 2.59. The zero-order valence-electron chi connectivity index (χ0n) is 18.6. The van der Waals surface area contributed by atoms with Crippen molar-refractivity contribution in [3.05, 3.63) is 0 Å². The van der Waals surface area contributed by atoms with Crippen LogP contribution in [0.25, 0.3) is 0 Å². The molecule has 166 valence electrons. The Balaban J connectivity index is 0.00000729. The number of rotatable bonds is 7. The third-order valence-electron chi connectivity index (χ3n) is 4.26. The van der Waals surface area contributed by atoms with Crippen LogP contribution in [0.5, 0.6) is 0 Å². The van der Waals surface area contributed by atoms with Gasteiger partial charge in [0.2, 0.25) is 0 Å². The van der Waals surface area contributed by atoms with Crippen LogP contribution in [0.4, 0.5) is 4.79 Å². The molecule has 1 amide bonds. The summed E-state index contributed by atoms with van der Waals surface area (Å²) in [6.07, 6.45) is -0.220. The number of guanidine groups is 1. The van der Waals surface area contributed by atoms with Gasteiger partial charge in [-0.1, -0.05) is 0 Å². The second kappa shape index (κ2) is 12.7. The van der Waals surface area contributed by atoms with Gasteiger partial charge in [0.15, 0.2) is 5.96 Å². The van der Waals surface area contributed by atoms with E-state index in [1.165, 1.54) is 0 Å². The Bertz CT molecular complexity index is 486. The molecular weight excluding hydrogens is 473 g/mol. The van der Waals surface area contributed by atoms with Crippen LogP contribution in [0, 0.1) is 0 Å². The molecule has 0 atom stereocenters. The first-order valence-electron chi connectivity index (χ1n) is 9.84. The first-order valence-corrected chi connectivity index (χ1v) is 9.84. The maximum absolute atomic E-state index is 12.1. The molecule has 0 spiro atoms. The Morgan fingerprint density at radius 3 is 2.18 bits per heavy atom. The Kier molecular flexibility index (Phi) is 12.3. The van der Waals surface area contributed by atoms with Crippen molar-refractivity contribution >= 4 is 36.0 Å². The van der Waals surface area contributed by atoms with Crippen molar-refractivity contribution in [2.75, 3.05) is 59.5 Å². The number of carbonyl (C=O) groups excluding carboxylic acids is 1. The van der Waals surface area contributed by atoms with Crippen molar-refractivity contribution < 1.29 is 14.3 Å². The summed E-state index contributed by atoms with van der Waals surface area (Å²) in [5.41, 5.74) is -0.724. The summed E-state index contributed by atoms with van der Waals surface area (Å²) in [7, 11) is 1.70. The minimum absolute atomic E-state index is 0. The molecule has 9 heteroatoms. The first kappa shape index (κ1) is 27.2. The molecule has 2 N–H and O–H groups in total. The normalized spacial score (nSPS) is 16.4. The maximum atomic E-state index is 12.1. The molecule has 1 saturated heterocycles. The molecule has 0 aromatic rings. The van der Waals surface area contributed by atoms with Gasteiger partial charge in [0.05, 0.1) is 12.1 Å². The molecule has 0 aliphatic carbocycles. The fraction of sp³-hybridized carbons (Fsp3) is 0.895. The summed E-state index contributed by atoms with van der Waals surface area (Å²) >= 11 is 0. The predicted molar refractivity (Wildman–Crippen MR) is 125 cm³/mol. The van der Waals surface area contributed by atoms with Crippen molar-refractivity contribution in [3.8, 4) is 0 Å². The number of halogens is 1. The van der Waals surface area contributed by atoms with Crippen LogP contribution in [-0.4, -0.2) is 92.5 Å². The van der Waals surface area contributed by atoms with Crippen LogP contribution >= 0.6 is 24.0 Å². The monoisotopic (exact) mass is 513 g/mol. The number of hydrogen-bond donors (Lipinski definition) is 2. The van der Waals surface area contributed by atoms with Gasteiger partial charge < -0.3 is 25.0 Å². The molecule has 0 saturated carbocycles. The number of nitrogens with zero attached hydrogens (tertiary/aromatic N) is 3. The highest BCUT2D eigenvalue weighted by Gasteiger charge is 2.25. The molecule has 0 aromatic heterocycles. The van der Waals surface area contributed by atoms with Crippen LogP contribution in [0.2, 0.25) is 0 Å². The molecule has 8 nitrogen and oxygen atoms in total. The van der Waals surface area contributed by atoms with Gasteiger partial charge in [-0.25, -0.2) is 4.79 Å². The van der Waals surface area contributed by atoms with Gasteiger partial charge in [-0.2, -0.15) is 0 Å². The lowest BCUT2D eigenvalue weighted by molar-refractivity contribution is 0.0147. The summed E-state index contributed by atoms with van der Waals surface area (Å²) in [4.78, 5) is 20.8. The Hall–Kier alpha value is -0.810. The lowest BCUT2D eigenvalue weighted by Crippen LogP contribution is -2.51. The van der Waals surface area contributed by atoms with E-state index < -0.39 is 5.60 Å². The first-order chi connectivity index (χ1) is 12.6. The number of piperazine rings is 1. The summed E-state index contributed by atoms with van der Waals surface area (Å²) < 4.78 is 10.8. The highest BCUT2D eigenvalue weighted by Crippen LogP contribution is 2.11. The van der Waals surface area contributed by atoms with E-state index in [1.54, 1.807) is 12.0 Å². The second-order valence-corrected chi connectivity index (χ2v) is 8.39. The minimum Gasteiger partial charge on any atom is -0.444 e. The third-order valence-corrected chi connectivity index (χ3v) is 4.26. The van der Waals surface area contributed by atoms with E-state index in [2.05, 4.69) is 27.4 Å². The number of methoxy groups -OCH3 is 1. The van der Waals surface area contributed by atoms with Crippen molar-refractivity contribution in [2.24, 2.45) is 4.99 Å². The molecule has 0 radical (unpaired) electrons. The van der Waals surface area contributed by atoms with Crippen molar-refractivity contribution in [1.82, 2.24) is 20.4 Å². The molecule has 0 bridgehead atoms. The van der Waals surface area contributed by atoms with Gasteiger partial charge in [-0.05, 0) is 41.5 Å². The zero-order chi connectivity index (χ0) is 20.5. The number of carbonyl (C=O) groups is 1. The van der Waals surface area contributed by atoms with E-state index in [9.17, 15) is 4.79 Å². The quantitative estimate of drug-likeness (QED) is 0.309. The van der Waals surface area contributed by atoms with E-state index in [0.717, 1.165) is 38.7 Å². The van der Waals surface area contributed by atoms with Crippen LogP contribution < -0.4 is 10.6 Å². The zero-order valence-corrected chi connectivity index (χ0v) is 21.0. The van der Waals surface area contributed by atoms with Gasteiger partial charge in [-0.3, -0.25) is 9.89 Å². The molecule has 0 aromatic carbocycles. The van der Waals surface area contributed by atoms with Crippen molar-refractivity contribution in [3.63, 3.8) is 0 Å². The molecule has 0 unspecified atom stereocenters. The van der Waals surface area contributed by atoms with Crippen LogP contribution in [0.3, 0.4) is 0 Å². The summed E-state index contributed by atoms with van der Waals surface area (Å²) in [5, 5.41) is 6.62. The molecular formula is C19H40IN5O3. The largest absolute Gasteiger partial charge is 0.444 e. The van der Waals surface area contributed by atoms with Gasteiger partial charge in [0, 0.05) is 52.9 Å². The molecule has 1 heterocycles. The topological polar surface area (TPSA) is 78.4 Å². The molecule has 1 rings (SSSR count). The van der Waals surface area contributed by atoms with E-state index in [4.69, 9.17) is 9.47 Å². The van der Waals surface area contributed by atoms with Crippen LogP contribution in [-0.2, 0) is 9.47 Å². The van der Waals surface area contributed by atoms with Gasteiger partial charge in [0.25, 0.3) is 0 Å². The third kappa shape index (κ3) is 11.3. The summed E-state index contributed by atoms with van der Waals surface area (Å²) in [6.45, 7) is 18.0. The van der Waals surface area contributed by atoms with Crippen molar-refractivity contribution in [2.45, 2.75) is 52.7 Å². The second-order valence-electron chi connectivity index (χ2n) is 8.39. The van der Waals surface area contributed by atoms with E-state index in [-0.39, 0.29) is 35.7 Å². The SMILES string of the molecule is CCNC(=NCC(C)(C)OC)NCCN1CCN(C(=O)OC(C)(C)C)CC1.I. The standard InChI is InChI=1S/C19H39N5O3.HI/c1-8-20-16(22-15-19(5,6)26-7)21-9-10-23-11-13-24(14-12-23)17(25)27-18(2,3)4;/h8-15H2,1-7H3,(H2,20,21,22);1H. The number of ether oxygens (including phenoxy) is 2. The van der Waals surface area contributed by atoms with Crippen molar-refractivity contribution in [1.29, 1.82) is 0 Å². The minimum atomic E-state index is -0.447. The van der Waals surface area contributed by atoms with E-state index >= 15 is 0 Å². The lowest BCUT2D eigenvalue weighted by Gasteiger charge is -2.35. The fourth-order valence-electron chi connectivity index (χ4n) is 2.49. The summed E-state index contributed by atoms with van der Waals surface area (Å²) in [5.74, 6) is 0.801. The molecule has 1 aliphatic heterocycles. The molecule has 1 aliphatic rings. The Labute approximate surface area is 187 Å². The van der Waals surface area contributed by atoms with Crippen LogP contribution in [0.1, 0.15) is 41.5 Å². The van der Waals surface area contributed by atoms with Crippen LogP contribution in [0.15, 0.2) is 4.99 Å². The number of aliphatic imine (C=N–C) groups is 1. The predicted octanol–water partition coefficient (Wildman–Crippen LogP) is 2.14. The maximum Gasteiger partial charge on any atom is 0.410 e. The lowest BCUT2D eigenvalue weighted by atomic mass is 10.1. The number of amides is 1. The smallest absolute Gasteiger partial charge is 0.410 e. The highest BCUT2D eigenvalue weighted by atomic mass is 127. The van der Waals surface area contributed by atoms with Gasteiger partial charge in [-0.15, -0.1) is 24.0 Å². The van der Waals surface area contributed by atoms with E-state index in [1.807, 2.05) is 34.6 Å². The Morgan fingerprint density at radius 2 is 1.68 bits per heavy atom. The fourth-order valence-corrected chi connectivity index (χ4v) is 2.49. The number of hydrogen-bond acceptors (Lipinski definition) is 5. The Morgan fingerprint density at radius 1 is 1.07 bits per heavy atom. The molecule has 1 fully saturated rings. The average molecular weight is 513 g/mol. The van der Waals surface area contributed by atoms with Gasteiger partial charge in [0.1, 0.15) is 5.60 Å². The number of nitrogens with one attached hydrogen (secondary N) is 2. The summed E-state index contributed by atoms with van der Waals surface area (Å²) in [6, 6.07) is 0. The van der Waals surface area contributed by atoms with Gasteiger partial charge >= 0.3 is 6.09 Å². The molecule has 28 heavy (non-hydrogen) atoms. The van der Waals surface area contributed by atoms with E-state index in [0.29, 0.717) is 19.6 Å².